The van der Waals surface area contributed by atoms with Gasteiger partial charge in [0.05, 0.1) is 13.4 Å². The fraction of sp³-hybridized carbons (Fsp3) is 0.556. The Bertz CT molecular complexity index is 251. The van der Waals surface area contributed by atoms with Crippen LogP contribution in [0.1, 0.15) is 24.4 Å². The van der Waals surface area contributed by atoms with Crippen LogP contribution in [0.25, 0.3) is 0 Å². The number of methoxy groups -OCH3 is 1. The normalized spacial score (nSPS) is 22.9. The molecule has 1 aliphatic rings. The Morgan fingerprint density at radius 1 is 1.58 bits per heavy atom. The van der Waals surface area contributed by atoms with Crippen LogP contribution >= 0.6 is 0 Å². The number of hydrogen-bond acceptors (Lipinski definition) is 3. The van der Waals surface area contributed by atoms with Crippen LogP contribution < -0.4 is 10.1 Å². The zero-order chi connectivity index (χ0) is 8.39. The molecule has 1 aliphatic heterocycles. The van der Waals surface area contributed by atoms with E-state index in [-0.39, 0.29) is 0 Å². The minimum atomic E-state index is 0.429. The summed E-state index contributed by atoms with van der Waals surface area (Å²) in [6.45, 7) is 1.10. The lowest BCUT2D eigenvalue weighted by molar-refractivity contribution is 0.399. The van der Waals surface area contributed by atoms with Gasteiger partial charge in [0.15, 0.2) is 5.75 Å². The Morgan fingerprint density at radius 2 is 2.50 bits per heavy atom. The highest BCUT2D eigenvalue weighted by atomic mass is 16.5. The molecule has 1 atom stereocenters. The van der Waals surface area contributed by atoms with Crippen LogP contribution in [0.5, 0.6) is 5.75 Å². The lowest BCUT2D eigenvalue weighted by atomic mass is 10.1. The van der Waals surface area contributed by atoms with Gasteiger partial charge in [0, 0.05) is 11.6 Å². The molecule has 0 radical (unpaired) electrons. The molecule has 1 fully saturated rings. The van der Waals surface area contributed by atoms with Crippen LogP contribution in [0.4, 0.5) is 0 Å². The highest BCUT2D eigenvalue weighted by Gasteiger charge is 2.20. The van der Waals surface area contributed by atoms with Gasteiger partial charge in [-0.2, -0.15) is 0 Å². The number of furan rings is 1. The van der Waals surface area contributed by atoms with E-state index >= 15 is 0 Å². The van der Waals surface area contributed by atoms with Gasteiger partial charge < -0.3 is 14.5 Å². The smallest absolute Gasteiger partial charge is 0.161 e. The summed E-state index contributed by atoms with van der Waals surface area (Å²) in [6.07, 6.45) is 5.83. The predicted octanol–water partition coefficient (Wildman–Crippen LogP) is 1.71. The van der Waals surface area contributed by atoms with Crippen LogP contribution in [0, 0.1) is 0 Å². The fourth-order valence-corrected chi connectivity index (χ4v) is 1.67. The SMILES string of the molecule is COc1cocc1[C@@H]1CCCN1. The highest BCUT2D eigenvalue weighted by Crippen LogP contribution is 2.31. The first-order valence-electron chi connectivity index (χ1n) is 4.25. The van der Waals surface area contributed by atoms with Crippen molar-refractivity contribution in [2.45, 2.75) is 18.9 Å². The Morgan fingerprint density at radius 3 is 3.17 bits per heavy atom. The van der Waals surface area contributed by atoms with E-state index in [0.29, 0.717) is 6.04 Å². The van der Waals surface area contributed by atoms with Gasteiger partial charge in [-0.1, -0.05) is 0 Å². The molecule has 1 aromatic rings. The van der Waals surface area contributed by atoms with Crippen LogP contribution in [-0.4, -0.2) is 13.7 Å². The van der Waals surface area contributed by atoms with Crippen molar-refractivity contribution in [2.75, 3.05) is 13.7 Å². The Labute approximate surface area is 71.7 Å². The first-order valence-corrected chi connectivity index (χ1v) is 4.25. The maximum absolute atomic E-state index is 5.16. The van der Waals surface area contributed by atoms with E-state index in [9.17, 15) is 0 Å². The third-order valence-corrected chi connectivity index (χ3v) is 2.31. The second kappa shape index (κ2) is 3.19. The molecule has 0 saturated carbocycles. The molecule has 1 saturated heterocycles. The van der Waals surface area contributed by atoms with E-state index in [1.807, 2.05) is 0 Å². The fourth-order valence-electron chi connectivity index (χ4n) is 1.67. The van der Waals surface area contributed by atoms with Gasteiger partial charge in [-0.25, -0.2) is 0 Å². The molecule has 2 rings (SSSR count). The van der Waals surface area contributed by atoms with E-state index in [0.717, 1.165) is 17.9 Å². The zero-order valence-corrected chi connectivity index (χ0v) is 7.17. The molecule has 0 aromatic carbocycles. The van der Waals surface area contributed by atoms with E-state index in [2.05, 4.69) is 5.32 Å². The molecule has 12 heavy (non-hydrogen) atoms. The van der Waals surface area contributed by atoms with Crippen LogP contribution in [-0.2, 0) is 0 Å². The van der Waals surface area contributed by atoms with Crippen molar-refractivity contribution in [3.8, 4) is 5.75 Å². The van der Waals surface area contributed by atoms with Gasteiger partial charge in [-0.05, 0) is 19.4 Å². The number of ether oxygens (including phenoxy) is 1. The van der Waals surface area contributed by atoms with Crippen LogP contribution in [0.3, 0.4) is 0 Å². The number of rotatable bonds is 2. The van der Waals surface area contributed by atoms with Crippen molar-refractivity contribution in [1.82, 2.24) is 5.32 Å². The lowest BCUT2D eigenvalue weighted by Crippen LogP contribution is -2.12. The van der Waals surface area contributed by atoms with Crippen LogP contribution in [0.2, 0.25) is 0 Å². The summed E-state index contributed by atoms with van der Waals surface area (Å²) in [7, 11) is 1.67. The molecule has 0 amide bonds. The molecule has 0 spiro atoms. The molecular weight excluding hydrogens is 154 g/mol. The first kappa shape index (κ1) is 7.68. The topological polar surface area (TPSA) is 34.4 Å². The molecule has 66 valence electrons. The minimum Gasteiger partial charge on any atom is -0.493 e. The first-order chi connectivity index (χ1) is 5.92. The van der Waals surface area contributed by atoms with Crippen molar-refractivity contribution in [1.29, 1.82) is 0 Å². The number of hydrogen-bond donors (Lipinski definition) is 1. The molecule has 0 unspecified atom stereocenters. The Hall–Kier alpha value is -0.960. The van der Waals surface area contributed by atoms with Crippen molar-refractivity contribution >= 4 is 0 Å². The van der Waals surface area contributed by atoms with Gasteiger partial charge >= 0.3 is 0 Å². The van der Waals surface area contributed by atoms with Gasteiger partial charge in [-0.15, -0.1) is 0 Å². The Balaban J connectivity index is 2.19. The minimum absolute atomic E-state index is 0.429. The standard InChI is InChI=1S/C9H13NO2/c1-11-9-6-12-5-7(9)8-3-2-4-10-8/h5-6,8,10H,2-4H2,1H3/t8-/m0/s1. The third-order valence-electron chi connectivity index (χ3n) is 2.31. The average molecular weight is 167 g/mol. The summed E-state index contributed by atoms with van der Waals surface area (Å²) < 4.78 is 10.2. The maximum atomic E-state index is 5.16. The summed E-state index contributed by atoms with van der Waals surface area (Å²) in [6, 6.07) is 0.429. The van der Waals surface area contributed by atoms with E-state index in [1.165, 1.54) is 12.8 Å². The molecule has 0 aliphatic carbocycles. The van der Waals surface area contributed by atoms with E-state index in [1.54, 1.807) is 19.6 Å². The van der Waals surface area contributed by atoms with Gasteiger partial charge in [-0.3, -0.25) is 0 Å². The molecule has 1 aromatic heterocycles. The average Bonchev–Trinajstić information content (AvgIpc) is 2.74. The van der Waals surface area contributed by atoms with Crippen molar-refractivity contribution in [3.05, 3.63) is 18.1 Å². The molecule has 1 N–H and O–H groups in total. The largest absolute Gasteiger partial charge is 0.493 e. The van der Waals surface area contributed by atoms with Gasteiger partial charge in [0.1, 0.15) is 6.26 Å². The monoisotopic (exact) mass is 167 g/mol. The zero-order valence-electron chi connectivity index (χ0n) is 7.17. The van der Waals surface area contributed by atoms with Crippen molar-refractivity contribution in [3.63, 3.8) is 0 Å². The molecule has 0 bridgehead atoms. The maximum Gasteiger partial charge on any atom is 0.161 e. The second-order valence-electron chi connectivity index (χ2n) is 3.04. The lowest BCUT2D eigenvalue weighted by Gasteiger charge is -2.08. The summed E-state index contributed by atoms with van der Waals surface area (Å²) in [5.41, 5.74) is 1.15. The number of nitrogens with one attached hydrogen (secondary N) is 1. The summed E-state index contributed by atoms with van der Waals surface area (Å²) in [5, 5.41) is 3.39. The molecule has 2 heterocycles. The molecule has 3 heteroatoms. The third kappa shape index (κ3) is 1.20. The Kier molecular flexibility index (Phi) is 2.04. The van der Waals surface area contributed by atoms with Crippen molar-refractivity contribution < 1.29 is 9.15 Å². The summed E-state index contributed by atoms with van der Waals surface area (Å²) in [4.78, 5) is 0. The predicted molar refractivity (Wildman–Crippen MR) is 45.2 cm³/mol. The van der Waals surface area contributed by atoms with E-state index in [4.69, 9.17) is 9.15 Å². The van der Waals surface area contributed by atoms with Crippen LogP contribution in [0.15, 0.2) is 16.9 Å². The highest BCUT2D eigenvalue weighted by molar-refractivity contribution is 5.31. The summed E-state index contributed by atoms with van der Waals surface area (Å²) in [5.74, 6) is 0.856. The van der Waals surface area contributed by atoms with E-state index < -0.39 is 0 Å². The molecule has 3 nitrogen and oxygen atoms in total. The summed E-state index contributed by atoms with van der Waals surface area (Å²) >= 11 is 0. The van der Waals surface area contributed by atoms with Gasteiger partial charge in [0.25, 0.3) is 0 Å². The quantitative estimate of drug-likeness (QED) is 0.728. The van der Waals surface area contributed by atoms with Crippen molar-refractivity contribution in [2.24, 2.45) is 0 Å². The second-order valence-corrected chi connectivity index (χ2v) is 3.04. The van der Waals surface area contributed by atoms with Gasteiger partial charge in [0.2, 0.25) is 0 Å². The molecular formula is C9H13NO2.